The van der Waals surface area contributed by atoms with Gasteiger partial charge in [-0.05, 0) is 30.3 Å². The van der Waals surface area contributed by atoms with Crippen molar-refractivity contribution in [2.75, 3.05) is 38.2 Å². The number of ether oxygens (including phenoxy) is 1. The largest absolute Gasteiger partial charge is 0.497 e. The van der Waals surface area contributed by atoms with Crippen molar-refractivity contribution in [1.82, 2.24) is 19.7 Å². The van der Waals surface area contributed by atoms with Crippen LogP contribution in [-0.2, 0) is 0 Å². The summed E-state index contributed by atoms with van der Waals surface area (Å²) >= 11 is 0. The first-order valence-electron chi connectivity index (χ1n) is 9.00. The number of piperazine rings is 1. The van der Waals surface area contributed by atoms with E-state index in [2.05, 4.69) is 15.0 Å². The van der Waals surface area contributed by atoms with E-state index in [1.807, 2.05) is 6.07 Å². The molecular weight excluding hydrogens is 361 g/mol. The molecule has 1 aliphatic heterocycles. The molecule has 0 spiro atoms. The predicted molar refractivity (Wildman–Crippen MR) is 102 cm³/mol. The van der Waals surface area contributed by atoms with Gasteiger partial charge in [0.2, 0.25) is 0 Å². The Kier molecular flexibility index (Phi) is 4.92. The van der Waals surface area contributed by atoms with E-state index in [0.29, 0.717) is 37.6 Å². The standard InChI is InChI=1S/C20H20FN5O2/c1-28-17-5-7-22-19(14-17)24-9-11-25(12-10-24)20(27)18-6-8-26(23-18)16-4-2-3-15(21)13-16/h2-8,13-14H,9-12H2,1H3. The van der Waals surface area contributed by atoms with Gasteiger partial charge in [0, 0.05) is 44.6 Å². The third kappa shape index (κ3) is 3.66. The van der Waals surface area contributed by atoms with E-state index in [1.165, 1.54) is 16.8 Å². The minimum absolute atomic E-state index is 0.131. The van der Waals surface area contributed by atoms with Crippen LogP contribution in [0.4, 0.5) is 10.2 Å². The van der Waals surface area contributed by atoms with Gasteiger partial charge in [-0.15, -0.1) is 0 Å². The van der Waals surface area contributed by atoms with Crippen molar-refractivity contribution in [2.45, 2.75) is 0 Å². The van der Waals surface area contributed by atoms with Gasteiger partial charge in [-0.25, -0.2) is 14.1 Å². The number of carbonyl (C=O) groups is 1. The van der Waals surface area contributed by atoms with Crippen LogP contribution in [0.1, 0.15) is 10.5 Å². The van der Waals surface area contributed by atoms with Crippen LogP contribution in [0.5, 0.6) is 5.75 Å². The fraction of sp³-hybridized carbons (Fsp3) is 0.250. The van der Waals surface area contributed by atoms with Crippen LogP contribution in [0, 0.1) is 5.82 Å². The van der Waals surface area contributed by atoms with E-state index in [4.69, 9.17) is 4.74 Å². The number of hydrogen-bond acceptors (Lipinski definition) is 5. The number of amides is 1. The molecule has 7 nitrogen and oxygen atoms in total. The minimum Gasteiger partial charge on any atom is -0.497 e. The number of rotatable bonds is 4. The number of hydrogen-bond donors (Lipinski definition) is 0. The van der Waals surface area contributed by atoms with Crippen LogP contribution in [0.2, 0.25) is 0 Å². The third-order valence-corrected chi connectivity index (χ3v) is 4.72. The Hall–Kier alpha value is -3.42. The van der Waals surface area contributed by atoms with Gasteiger partial charge in [-0.2, -0.15) is 5.10 Å². The van der Waals surface area contributed by atoms with E-state index < -0.39 is 0 Å². The quantitative estimate of drug-likeness (QED) is 0.694. The SMILES string of the molecule is COc1ccnc(N2CCN(C(=O)c3ccn(-c4cccc(F)c4)n3)CC2)c1. The van der Waals surface area contributed by atoms with Crippen LogP contribution >= 0.6 is 0 Å². The number of benzene rings is 1. The van der Waals surface area contributed by atoms with Crippen molar-refractivity contribution in [3.05, 3.63) is 66.4 Å². The molecule has 1 amide bonds. The number of methoxy groups -OCH3 is 1. The molecule has 4 rings (SSSR count). The van der Waals surface area contributed by atoms with Crippen molar-refractivity contribution in [1.29, 1.82) is 0 Å². The third-order valence-electron chi connectivity index (χ3n) is 4.72. The Balaban J connectivity index is 1.41. The molecule has 0 bridgehead atoms. The molecule has 3 heterocycles. The molecule has 0 aliphatic carbocycles. The zero-order valence-electron chi connectivity index (χ0n) is 15.5. The van der Waals surface area contributed by atoms with Crippen molar-refractivity contribution in [2.24, 2.45) is 0 Å². The highest BCUT2D eigenvalue weighted by atomic mass is 19.1. The van der Waals surface area contributed by atoms with Gasteiger partial charge in [-0.1, -0.05) is 6.07 Å². The van der Waals surface area contributed by atoms with Gasteiger partial charge >= 0.3 is 0 Å². The first-order valence-corrected chi connectivity index (χ1v) is 9.00. The summed E-state index contributed by atoms with van der Waals surface area (Å²) in [6, 6.07) is 11.4. The molecule has 8 heteroatoms. The highest BCUT2D eigenvalue weighted by Crippen LogP contribution is 2.20. The van der Waals surface area contributed by atoms with Crippen LogP contribution < -0.4 is 9.64 Å². The van der Waals surface area contributed by atoms with Gasteiger partial charge < -0.3 is 14.5 Å². The summed E-state index contributed by atoms with van der Waals surface area (Å²) in [5, 5.41) is 4.31. The zero-order valence-corrected chi connectivity index (χ0v) is 15.5. The Morgan fingerprint density at radius 3 is 2.68 bits per heavy atom. The van der Waals surface area contributed by atoms with E-state index in [0.717, 1.165) is 11.6 Å². The van der Waals surface area contributed by atoms with E-state index in [-0.39, 0.29) is 11.7 Å². The van der Waals surface area contributed by atoms with Crippen molar-refractivity contribution < 1.29 is 13.9 Å². The summed E-state index contributed by atoms with van der Waals surface area (Å²) in [6.07, 6.45) is 3.38. The van der Waals surface area contributed by atoms with E-state index in [9.17, 15) is 9.18 Å². The minimum atomic E-state index is -0.344. The maximum atomic E-state index is 13.4. The zero-order chi connectivity index (χ0) is 19.5. The van der Waals surface area contributed by atoms with Gasteiger partial charge in [0.15, 0.2) is 5.69 Å². The molecular formula is C20H20FN5O2. The second kappa shape index (κ2) is 7.67. The van der Waals surface area contributed by atoms with Crippen molar-refractivity contribution in [3.63, 3.8) is 0 Å². The number of halogens is 1. The molecule has 28 heavy (non-hydrogen) atoms. The summed E-state index contributed by atoms with van der Waals surface area (Å²) in [5.74, 6) is 1.12. The molecule has 3 aromatic rings. The van der Waals surface area contributed by atoms with Crippen molar-refractivity contribution >= 4 is 11.7 Å². The monoisotopic (exact) mass is 381 g/mol. The summed E-state index contributed by atoms with van der Waals surface area (Å²) < 4.78 is 20.1. The van der Waals surface area contributed by atoms with Gasteiger partial charge in [0.25, 0.3) is 5.91 Å². The average Bonchev–Trinajstić information content (AvgIpc) is 3.24. The highest BCUT2D eigenvalue weighted by molar-refractivity contribution is 5.92. The second-order valence-electron chi connectivity index (χ2n) is 6.46. The van der Waals surface area contributed by atoms with Crippen LogP contribution in [0.25, 0.3) is 5.69 Å². The Bertz CT molecular complexity index is 982. The fourth-order valence-corrected chi connectivity index (χ4v) is 3.20. The second-order valence-corrected chi connectivity index (χ2v) is 6.46. The van der Waals surface area contributed by atoms with Crippen LogP contribution in [-0.4, -0.2) is 58.9 Å². The lowest BCUT2D eigenvalue weighted by Crippen LogP contribution is -2.49. The van der Waals surface area contributed by atoms with E-state index >= 15 is 0 Å². The normalized spacial score (nSPS) is 14.2. The Morgan fingerprint density at radius 2 is 1.93 bits per heavy atom. The number of nitrogens with zero attached hydrogens (tertiary/aromatic N) is 5. The molecule has 2 aromatic heterocycles. The Morgan fingerprint density at radius 1 is 1.11 bits per heavy atom. The molecule has 0 N–H and O–H groups in total. The van der Waals surface area contributed by atoms with Gasteiger partial charge in [0.1, 0.15) is 17.4 Å². The smallest absolute Gasteiger partial charge is 0.274 e. The molecule has 1 saturated heterocycles. The highest BCUT2D eigenvalue weighted by Gasteiger charge is 2.24. The maximum absolute atomic E-state index is 13.4. The lowest BCUT2D eigenvalue weighted by molar-refractivity contribution is 0.0740. The molecule has 0 radical (unpaired) electrons. The lowest BCUT2D eigenvalue weighted by Gasteiger charge is -2.35. The van der Waals surface area contributed by atoms with Crippen LogP contribution in [0.3, 0.4) is 0 Å². The molecule has 144 valence electrons. The summed E-state index contributed by atoms with van der Waals surface area (Å²) in [4.78, 5) is 21.1. The molecule has 1 aromatic carbocycles. The average molecular weight is 381 g/mol. The summed E-state index contributed by atoms with van der Waals surface area (Å²) in [7, 11) is 1.62. The summed E-state index contributed by atoms with van der Waals surface area (Å²) in [5.41, 5.74) is 0.921. The fourth-order valence-electron chi connectivity index (χ4n) is 3.20. The number of aromatic nitrogens is 3. The van der Waals surface area contributed by atoms with Gasteiger partial charge in [-0.3, -0.25) is 4.79 Å². The van der Waals surface area contributed by atoms with Crippen molar-refractivity contribution in [3.8, 4) is 11.4 Å². The topological polar surface area (TPSA) is 63.5 Å². The van der Waals surface area contributed by atoms with Crippen LogP contribution in [0.15, 0.2) is 54.9 Å². The molecule has 0 unspecified atom stereocenters. The molecule has 0 saturated carbocycles. The summed E-state index contributed by atoms with van der Waals surface area (Å²) in [6.45, 7) is 2.50. The number of carbonyl (C=O) groups excluding carboxylic acids is 1. The molecule has 0 atom stereocenters. The number of anilines is 1. The van der Waals surface area contributed by atoms with E-state index in [1.54, 1.807) is 48.7 Å². The number of pyridine rings is 1. The first-order chi connectivity index (χ1) is 13.6. The first kappa shape index (κ1) is 18.0. The predicted octanol–water partition coefficient (Wildman–Crippen LogP) is 2.38. The van der Waals surface area contributed by atoms with Gasteiger partial charge in [0.05, 0.1) is 12.8 Å². The lowest BCUT2D eigenvalue weighted by atomic mass is 10.2. The Labute approximate surface area is 162 Å². The molecule has 1 fully saturated rings. The maximum Gasteiger partial charge on any atom is 0.274 e. The molecule has 1 aliphatic rings.